The zero-order valence-electron chi connectivity index (χ0n) is 39.7. The quantitative estimate of drug-likeness (QED) is 0.0263. The van der Waals surface area contributed by atoms with Crippen LogP contribution in [0.15, 0.2) is 48.6 Å². The van der Waals surface area contributed by atoms with Crippen LogP contribution in [0, 0.1) is 0 Å². The van der Waals surface area contributed by atoms with Crippen molar-refractivity contribution in [3.05, 3.63) is 48.6 Å². The topological polar surface area (TPSA) is 78.9 Å². The molecule has 0 bridgehead atoms. The molecular weight excluding hydrogens is 745 g/mol. The lowest BCUT2D eigenvalue weighted by Gasteiger charge is -2.18. The lowest BCUT2D eigenvalue weighted by molar-refractivity contribution is -0.167. The monoisotopic (exact) mass is 841 g/mol. The summed E-state index contributed by atoms with van der Waals surface area (Å²) in [5.41, 5.74) is 0. The summed E-state index contributed by atoms with van der Waals surface area (Å²) in [6, 6.07) is 0. The smallest absolute Gasteiger partial charge is 0.306 e. The van der Waals surface area contributed by atoms with Gasteiger partial charge in [0.1, 0.15) is 13.2 Å². The molecule has 0 N–H and O–H groups in total. The van der Waals surface area contributed by atoms with Gasteiger partial charge in [0, 0.05) is 19.3 Å². The van der Waals surface area contributed by atoms with E-state index in [0.29, 0.717) is 19.3 Å². The Hall–Kier alpha value is -2.63. The van der Waals surface area contributed by atoms with E-state index in [1.165, 1.54) is 122 Å². The van der Waals surface area contributed by atoms with Gasteiger partial charge in [-0.05, 0) is 77.0 Å². The molecule has 0 aromatic carbocycles. The van der Waals surface area contributed by atoms with E-state index in [0.717, 1.165) is 96.3 Å². The lowest BCUT2D eigenvalue weighted by Crippen LogP contribution is -2.30. The van der Waals surface area contributed by atoms with Crippen molar-refractivity contribution in [1.29, 1.82) is 0 Å². The van der Waals surface area contributed by atoms with Crippen molar-refractivity contribution in [3.8, 4) is 0 Å². The molecule has 1 unspecified atom stereocenters. The number of allylic oxidation sites excluding steroid dienone is 8. The first-order valence-corrected chi connectivity index (χ1v) is 25.6. The summed E-state index contributed by atoms with van der Waals surface area (Å²) >= 11 is 0. The van der Waals surface area contributed by atoms with Crippen molar-refractivity contribution in [2.75, 3.05) is 13.2 Å². The predicted molar refractivity (Wildman–Crippen MR) is 256 cm³/mol. The Bertz CT molecular complexity index is 1060. The minimum absolute atomic E-state index is 0.0768. The predicted octanol–water partition coefficient (Wildman–Crippen LogP) is 16.7. The van der Waals surface area contributed by atoms with Crippen LogP contribution >= 0.6 is 0 Å². The van der Waals surface area contributed by atoms with Crippen LogP contribution in [0.2, 0.25) is 0 Å². The van der Waals surface area contributed by atoms with Crippen LogP contribution in [0.3, 0.4) is 0 Å². The third-order valence-electron chi connectivity index (χ3n) is 11.0. The molecule has 6 nitrogen and oxygen atoms in total. The fraction of sp³-hybridized carbons (Fsp3) is 0.796. The van der Waals surface area contributed by atoms with Gasteiger partial charge in [-0.25, -0.2) is 0 Å². The Morgan fingerprint density at radius 1 is 0.333 bits per heavy atom. The molecule has 6 heteroatoms. The molecule has 0 fully saturated rings. The molecule has 0 aliphatic heterocycles. The third-order valence-corrected chi connectivity index (χ3v) is 11.0. The van der Waals surface area contributed by atoms with Crippen LogP contribution in [0.5, 0.6) is 0 Å². The molecule has 348 valence electrons. The number of hydrogen-bond donors (Lipinski definition) is 0. The van der Waals surface area contributed by atoms with E-state index in [2.05, 4.69) is 69.4 Å². The lowest BCUT2D eigenvalue weighted by atomic mass is 10.0. The first-order valence-electron chi connectivity index (χ1n) is 25.6. The number of carbonyl (C=O) groups is 3. The van der Waals surface area contributed by atoms with Crippen molar-refractivity contribution in [3.63, 3.8) is 0 Å². The van der Waals surface area contributed by atoms with Crippen molar-refractivity contribution >= 4 is 17.9 Å². The maximum absolute atomic E-state index is 12.6. The number of hydrogen-bond acceptors (Lipinski definition) is 6. The number of rotatable bonds is 46. The fourth-order valence-electron chi connectivity index (χ4n) is 7.16. The van der Waals surface area contributed by atoms with E-state index in [-0.39, 0.29) is 31.1 Å². The average Bonchev–Trinajstić information content (AvgIpc) is 3.24. The Balaban J connectivity index is 3.99. The highest BCUT2D eigenvalue weighted by atomic mass is 16.6. The number of unbranched alkanes of at least 4 members (excludes halogenated alkanes) is 27. The molecule has 0 aliphatic rings. The number of ether oxygens (including phenoxy) is 3. The van der Waals surface area contributed by atoms with Gasteiger partial charge in [0.2, 0.25) is 0 Å². The molecule has 0 aromatic rings. The summed E-state index contributed by atoms with van der Waals surface area (Å²) < 4.78 is 16.6. The first-order chi connectivity index (χ1) is 29.5. The van der Waals surface area contributed by atoms with Crippen LogP contribution in [0.25, 0.3) is 0 Å². The Kier molecular flexibility index (Phi) is 46.9. The van der Waals surface area contributed by atoms with E-state index in [1.807, 2.05) is 0 Å². The van der Waals surface area contributed by atoms with Crippen LogP contribution in [0.1, 0.15) is 258 Å². The van der Waals surface area contributed by atoms with E-state index >= 15 is 0 Å². The molecule has 0 saturated heterocycles. The summed E-state index contributed by atoms with van der Waals surface area (Å²) in [4.78, 5) is 37.5. The minimum Gasteiger partial charge on any atom is -0.462 e. The van der Waals surface area contributed by atoms with E-state index in [1.54, 1.807) is 0 Å². The van der Waals surface area contributed by atoms with Gasteiger partial charge in [0.15, 0.2) is 6.10 Å². The zero-order valence-corrected chi connectivity index (χ0v) is 39.7. The van der Waals surface area contributed by atoms with Crippen molar-refractivity contribution in [1.82, 2.24) is 0 Å². The molecule has 0 radical (unpaired) electrons. The summed E-state index contributed by atoms with van der Waals surface area (Å²) in [7, 11) is 0. The molecule has 0 aromatic heterocycles. The van der Waals surface area contributed by atoms with Crippen LogP contribution in [-0.2, 0) is 28.6 Å². The summed E-state index contributed by atoms with van der Waals surface area (Å²) in [6.45, 7) is 6.47. The molecular formula is C54H96O6. The maximum atomic E-state index is 12.6. The Morgan fingerprint density at radius 3 is 1.02 bits per heavy atom. The van der Waals surface area contributed by atoms with Crippen molar-refractivity contribution in [2.45, 2.75) is 264 Å². The standard InChI is InChI=1S/C54H96O6/c1-4-7-10-13-15-17-19-20-21-22-23-24-25-26-27-28-29-30-31-32-33-34-35-37-38-41-44-47-53(56)59-50-51(49-58-52(55)46-43-40-12-9-6-3)60-54(57)48-45-42-39-36-18-16-14-11-8-5-2/h11,14,19-20,22-23,25-26,51H,4-10,12-13,15-18,21,24,27-50H2,1-3H3/b14-11-,20-19-,23-22-,26-25-. The molecule has 0 aliphatic carbocycles. The molecule has 0 rings (SSSR count). The first kappa shape index (κ1) is 57.4. The van der Waals surface area contributed by atoms with Gasteiger partial charge in [0.25, 0.3) is 0 Å². The molecule has 0 spiro atoms. The van der Waals surface area contributed by atoms with Gasteiger partial charge in [-0.2, -0.15) is 0 Å². The van der Waals surface area contributed by atoms with Gasteiger partial charge < -0.3 is 14.2 Å². The van der Waals surface area contributed by atoms with E-state index < -0.39 is 6.10 Å². The fourth-order valence-corrected chi connectivity index (χ4v) is 7.16. The van der Waals surface area contributed by atoms with E-state index in [9.17, 15) is 14.4 Å². The number of carbonyl (C=O) groups excluding carboxylic acids is 3. The highest BCUT2D eigenvalue weighted by Crippen LogP contribution is 2.15. The van der Waals surface area contributed by atoms with Crippen LogP contribution < -0.4 is 0 Å². The third kappa shape index (κ3) is 46.4. The van der Waals surface area contributed by atoms with Gasteiger partial charge in [0.05, 0.1) is 0 Å². The highest BCUT2D eigenvalue weighted by Gasteiger charge is 2.19. The molecule has 0 saturated carbocycles. The van der Waals surface area contributed by atoms with Crippen molar-refractivity contribution < 1.29 is 28.6 Å². The van der Waals surface area contributed by atoms with Gasteiger partial charge in [-0.3, -0.25) is 14.4 Å². The zero-order chi connectivity index (χ0) is 43.7. The molecule has 0 amide bonds. The normalized spacial score (nSPS) is 12.4. The van der Waals surface area contributed by atoms with Gasteiger partial charge >= 0.3 is 17.9 Å². The Labute approximate surface area is 371 Å². The Morgan fingerprint density at radius 2 is 0.633 bits per heavy atom. The van der Waals surface area contributed by atoms with Gasteiger partial charge in [-0.1, -0.05) is 211 Å². The largest absolute Gasteiger partial charge is 0.462 e. The summed E-state index contributed by atoms with van der Waals surface area (Å²) in [5.74, 6) is -0.901. The summed E-state index contributed by atoms with van der Waals surface area (Å²) in [6.07, 6.45) is 58.7. The minimum atomic E-state index is -0.771. The second kappa shape index (κ2) is 49.0. The van der Waals surface area contributed by atoms with Crippen LogP contribution in [0.4, 0.5) is 0 Å². The number of esters is 3. The summed E-state index contributed by atoms with van der Waals surface area (Å²) in [5, 5.41) is 0. The van der Waals surface area contributed by atoms with E-state index in [4.69, 9.17) is 14.2 Å². The molecule has 1 atom stereocenters. The van der Waals surface area contributed by atoms with Crippen molar-refractivity contribution in [2.24, 2.45) is 0 Å². The molecule has 60 heavy (non-hydrogen) atoms. The highest BCUT2D eigenvalue weighted by molar-refractivity contribution is 5.71. The van der Waals surface area contributed by atoms with Gasteiger partial charge in [-0.15, -0.1) is 0 Å². The SMILES string of the molecule is CCC/C=C\CCCCCCCC(=O)OC(COC(=O)CCCCCCC)COC(=O)CCCCCCCCCCCCCC/C=C\C/C=C\C/C=C\CCCCCCC. The average molecular weight is 841 g/mol. The maximum Gasteiger partial charge on any atom is 0.306 e. The second-order valence-electron chi connectivity index (χ2n) is 17.1. The van der Waals surface area contributed by atoms with Crippen LogP contribution in [-0.4, -0.2) is 37.2 Å². The molecule has 0 heterocycles. The second-order valence-corrected chi connectivity index (χ2v) is 17.1.